The van der Waals surface area contributed by atoms with Gasteiger partial charge in [-0.3, -0.25) is 14.6 Å². The molecule has 0 bridgehead atoms. The van der Waals surface area contributed by atoms with Crippen LogP contribution in [0.15, 0.2) is 29.3 Å². The lowest BCUT2D eigenvalue weighted by Gasteiger charge is -2.30. The van der Waals surface area contributed by atoms with Crippen molar-refractivity contribution >= 4 is 34.4 Å². The number of nitrogens with two attached hydrogens (primary N) is 1. The molecular weight excluding hydrogens is 312 g/mol. The van der Waals surface area contributed by atoms with E-state index in [0.29, 0.717) is 23.7 Å². The van der Waals surface area contributed by atoms with E-state index in [2.05, 4.69) is 22.5 Å². The largest absolute Gasteiger partial charge is 0.379 e. The van der Waals surface area contributed by atoms with Gasteiger partial charge in [-0.25, -0.2) is 0 Å². The van der Waals surface area contributed by atoms with E-state index < -0.39 is 6.04 Å². The summed E-state index contributed by atoms with van der Waals surface area (Å²) < 4.78 is 0. The Morgan fingerprint density at radius 2 is 2.35 bits per heavy atom. The first-order valence-electron chi connectivity index (χ1n) is 7.65. The zero-order chi connectivity index (χ0) is 16.4. The molecule has 1 aromatic carbocycles. The van der Waals surface area contributed by atoms with Crippen LogP contribution in [0.3, 0.4) is 0 Å². The van der Waals surface area contributed by atoms with E-state index in [4.69, 9.17) is 5.73 Å². The number of rotatable bonds is 3. The number of amidine groups is 1. The highest BCUT2D eigenvalue weighted by atomic mass is 32.2. The van der Waals surface area contributed by atoms with Gasteiger partial charge < -0.3 is 16.4 Å². The highest BCUT2D eigenvalue weighted by Crippen LogP contribution is 2.35. The van der Waals surface area contributed by atoms with Crippen LogP contribution in [0.5, 0.6) is 0 Å². The molecule has 0 saturated carbocycles. The number of carbonyl (C=O) groups is 2. The molecule has 1 saturated heterocycles. The second-order valence-electron chi connectivity index (χ2n) is 6.05. The summed E-state index contributed by atoms with van der Waals surface area (Å²) in [6.45, 7) is 2.05. The minimum atomic E-state index is -0.443. The molecule has 2 atom stereocenters. The van der Waals surface area contributed by atoms with Gasteiger partial charge in [-0.05, 0) is 37.5 Å². The number of benzene rings is 1. The number of hydrogen-bond donors (Lipinski definition) is 3. The van der Waals surface area contributed by atoms with Crippen LogP contribution in [-0.2, 0) is 15.1 Å². The number of hydrogen-bond acceptors (Lipinski definition) is 5. The molecule has 7 heteroatoms. The average Bonchev–Trinajstić information content (AvgIpc) is 2.94. The van der Waals surface area contributed by atoms with Gasteiger partial charge in [0.15, 0.2) is 5.17 Å². The molecule has 2 heterocycles. The van der Waals surface area contributed by atoms with Crippen molar-refractivity contribution in [1.82, 2.24) is 5.32 Å². The Morgan fingerprint density at radius 3 is 3.04 bits per heavy atom. The third kappa shape index (κ3) is 3.50. The van der Waals surface area contributed by atoms with Crippen LogP contribution >= 0.6 is 11.8 Å². The average molecular weight is 332 g/mol. The predicted octanol–water partition coefficient (Wildman–Crippen LogP) is 1.57. The van der Waals surface area contributed by atoms with E-state index in [1.54, 1.807) is 11.8 Å². The van der Waals surface area contributed by atoms with Crippen molar-refractivity contribution in [2.75, 3.05) is 11.1 Å². The van der Waals surface area contributed by atoms with Gasteiger partial charge in [0.2, 0.25) is 11.8 Å². The van der Waals surface area contributed by atoms with Crippen molar-refractivity contribution in [1.29, 1.82) is 0 Å². The molecule has 2 aliphatic heterocycles. The third-order valence-electron chi connectivity index (χ3n) is 4.26. The molecule has 3 rings (SSSR count). The minimum absolute atomic E-state index is 0.0732. The smallest absolute Gasteiger partial charge is 0.246 e. The quantitative estimate of drug-likeness (QED) is 0.783. The number of aliphatic imine (C=N–C) groups is 1. The van der Waals surface area contributed by atoms with E-state index in [9.17, 15) is 9.59 Å². The monoisotopic (exact) mass is 332 g/mol. The molecule has 0 aliphatic carbocycles. The highest BCUT2D eigenvalue weighted by molar-refractivity contribution is 8.13. The van der Waals surface area contributed by atoms with Crippen LogP contribution in [-0.4, -0.2) is 28.8 Å². The number of carbonyl (C=O) groups excluding carboxylic acids is 2. The Morgan fingerprint density at radius 1 is 1.52 bits per heavy atom. The lowest BCUT2D eigenvalue weighted by atomic mass is 9.89. The Labute approximate surface area is 139 Å². The zero-order valence-corrected chi connectivity index (χ0v) is 13.8. The van der Waals surface area contributed by atoms with Gasteiger partial charge in [-0.2, -0.15) is 0 Å². The lowest BCUT2D eigenvalue weighted by molar-refractivity contribution is -0.122. The number of amides is 2. The molecule has 0 spiro atoms. The van der Waals surface area contributed by atoms with Gasteiger partial charge in [0.25, 0.3) is 0 Å². The van der Waals surface area contributed by atoms with Gasteiger partial charge in [-0.15, -0.1) is 0 Å². The second-order valence-corrected chi connectivity index (χ2v) is 7.17. The van der Waals surface area contributed by atoms with Crippen LogP contribution in [0.25, 0.3) is 0 Å². The number of nitrogens with one attached hydrogen (secondary N) is 2. The molecule has 2 amide bonds. The normalized spacial score (nSPS) is 27.3. The molecule has 0 radical (unpaired) electrons. The van der Waals surface area contributed by atoms with Crippen molar-refractivity contribution in [3.8, 4) is 0 Å². The molecule has 0 unspecified atom stereocenters. The summed E-state index contributed by atoms with van der Waals surface area (Å²) in [5.41, 5.74) is 7.23. The molecule has 1 aromatic rings. The third-order valence-corrected chi connectivity index (χ3v) is 5.05. The zero-order valence-electron chi connectivity index (χ0n) is 13.0. The van der Waals surface area contributed by atoms with Crippen LogP contribution in [0.4, 0.5) is 5.69 Å². The Kier molecular flexibility index (Phi) is 4.30. The summed E-state index contributed by atoms with van der Waals surface area (Å²) in [5, 5.41) is 6.15. The fourth-order valence-corrected chi connectivity index (χ4v) is 3.84. The Balaban J connectivity index is 1.76. The van der Waals surface area contributed by atoms with Gasteiger partial charge in [-0.1, -0.05) is 23.9 Å². The van der Waals surface area contributed by atoms with Crippen LogP contribution in [0, 0.1) is 0 Å². The molecule has 6 nitrogen and oxygen atoms in total. The van der Waals surface area contributed by atoms with Crippen molar-refractivity contribution in [2.24, 2.45) is 10.7 Å². The van der Waals surface area contributed by atoms with Crippen LogP contribution in [0.1, 0.15) is 31.7 Å². The highest BCUT2D eigenvalue weighted by Gasteiger charge is 2.30. The first kappa shape index (κ1) is 15.9. The standard InChI is InChI=1S/C16H20N4O2S/c1-16(7-8-23-15(17)20-16)10-3-2-4-11(9-10)18-14(22)12-5-6-13(21)19-12/h2-4,9,12H,5-8H2,1H3,(H2,17,20)(H,18,22)(H,19,21)/t12-,16+/m1/s1. The summed E-state index contributed by atoms with van der Waals surface area (Å²) in [6, 6.07) is 7.23. The van der Waals surface area contributed by atoms with Crippen LogP contribution in [0.2, 0.25) is 0 Å². The van der Waals surface area contributed by atoms with Crippen molar-refractivity contribution in [2.45, 2.75) is 37.8 Å². The topological polar surface area (TPSA) is 96.6 Å². The van der Waals surface area contributed by atoms with Gasteiger partial charge >= 0.3 is 0 Å². The first-order valence-corrected chi connectivity index (χ1v) is 8.64. The van der Waals surface area contributed by atoms with E-state index in [0.717, 1.165) is 17.7 Å². The van der Waals surface area contributed by atoms with Crippen molar-refractivity contribution < 1.29 is 9.59 Å². The summed E-state index contributed by atoms with van der Waals surface area (Å²) in [5.74, 6) is 0.674. The minimum Gasteiger partial charge on any atom is -0.379 e. The maximum Gasteiger partial charge on any atom is 0.246 e. The maximum absolute atomic E-state index is 12.2. The van der Waals surface area contributed by atoms with E-state index in [1.165, 1.54) is 0 Å². The molecular formula is C16H20N4O2S. The first-order chi connectivity index (χ1) is 11.0. The fourth-order valence-electron chi connectivity index (χ4n) is 2.87. The SMILES string of the molecule is C[C@@]1(c2cccc(NC(=O)[C@H]3CCC(=O)N3)c2)CCSC(N)=N1. The van der Waals surface area contributed by atoms with Gasteiger partial charge in [0, 0.05) is 17.9 Å². The predicted molar refractivity (Wildman–Crippen MR) is 92.3 cm³/mol. The molecule has 4 N–H and O–H groups in total. The number of thioether (sulfide) groups is 1. The van der Waals surface area contributed by atoms with E-state index >= 15 is 0 Å². The van der Waals surface area contributed by atoms with E-state index in [1.807, 2.05) is 24.3 Å². The molecule has 122 valence electrons. The fraction of sp³-hybridized carbons (Fsp3) is 0.438. The maximum atomic E-state index is 12.2. The number of nitrogens with zero attached hydrogens (tertiary/aromatic N) is 1. The molecule has 23 heavy (non-hydrogen) atoms. The lowest BCUT2D eigenvalue weighted by Crippen LogP contribution is -2.37. The van der Waals surface area contributed by atoms with Gasteiger partial charge in [0.05, 0.1) is 5.54 Å². The second kappa shape index (κ2) is 6.23. The summed E-state index contributed by atoms with van der Waals surface area (Å²) >= 11 is 1.56. The van der Waals surface area contributed by atoms with Crippen molar-refractivity contribution in [3.05, 3.63) is 29.8 Å². The Hall–Kier alpha value is -2.02. The summed E-state index contributed by atoms with van der Waals surface area (Å²) in [7, 11) is 0. The summed E-state index contributed by atoms with van der Waals surface area (Å²) in [6.07, 6.45) is 1.84. The van der Waals surface area contributed by atoms with E-state index in [-0.39, 0.29) is 17.4 Å². The Bertz CT molecular complexity index is 676. The summed E-state index contributed by atoms with van der Waals surface area (Å²) in [4.78, 5) is 28.0. The molecule has 2 aliphatic rings. The number of anilines is 1. The molecule has 0 aromatic heterocycles. The van der Waals surface area contributed by atoms with Gasteiger partial charge in [0.1, 0.15) is 6.04 Å². The van der Waals surface area contributed by atoms with Crippen molar-refractivity contribution in [3.63, 3.8) is 0 Å². The van der Waals surface area contributed by atoms with Crippen LogP contribution < -0.4 is 16.4 Å². The molecule has 1 fully saturated rings.